The van der Waals surface area contributed by atoms with Gasteiger partial charge in [-0.25, -0.2) is 0 Å². The van der Waals surface area contributed by atoms with E-state index in [1.54, 1.807) is 16.8 Å². The first-order chi connectivity index (χ1) is 10.8. The average molecular weight is 336 g/mol. The van der Waals surface area contributed by atoms with Crippen molar-refractivity contribution in [1.82, 2.24) is 15.1 Å². The summed E-state index contributed by atoms with van der Waals surface area (Å²) < 4.78 is 6.26. The van der Waals surface area contributed by atoms with Crippen LogP contribution in [0.2, 0.25) is 0 Å². The molecule has 7 heteroatoms. The molecule has 2 saturated heterocycles. The van der Waals surface area contributed by atoms with Crippen molar-refractivity contribution in [2.45, 2.75) is 25.0 Å². The van der Waals surface area contributed by atoms with E-state index in [4.69, 9.17) is 4.74 Å². The third-order valence-corrected chi connectivity index (χ3v) is 6.06. The maximum Gasteiger partial charge on any atom is 0.208 e. The zero-order valence-electron chi connectivity index (χ0n) is 12.5. The normalized spacial score (nSPS) is 26.6. The van der Waals surface area contributed by atoms with Crippen LogP contribution in [0.5, 0.6) is 0 Å². The van der Waals surface area contributed by atoms with Gasteiger partial charge in [-0.1, -0.05) is 17.4 Å². The minimum atomic E-state index is -0.0422. The van der Waals surface area contributed by atoms with E-state index in [0.29, 0.717) is 0 Å². The van der Waals surface area contributed by atoms with Crippen molar-refractivity contribution in [2.24, 2.45) is 0 Å². The molecule has 1 spiro atoms. The van der Waals surface area contributed by atoms with Crippen molar-refractivity contribution < 1.29 is 4.74 Å². The van der Waals surface area contributed by atoms with Crippen LogP contribution in [0.4, 0.5) is 5.13 Å². The van der Waals surface area contributed by atoms with Crippen LogP contribution >= 0.6 is 22.7 Å². The molecule has 118 valence electrons. The summed E-state index contributed by atoms with van der Waals surface area (Å²) in [6.45, 7) is 5.91. The van der Waals surface area contributed by atoms with Gasteiger partial charge in [0.15, 0.2) is 0 Å². The molecule has 2 aliphatic rings. The quantitative estimate of drug-likeness (QED) is 0.861. The first-order valence-corrected chi connectivity index (χ1v) is 9.49. The summed E-state index contributed by atoms with van der Waals surface area (Å²) in [5, 5.41) is 11.4. The van der Waals surface area contributed by atoms with Crippen LogP contribution in [-0.4, -0.2) is 53.5 Å². The van der Waals surface area contributed by atoms with Gasteiger partial charge in [-0.15, -0.1) is 21.5 Å². The molecule has 0 amide bonds. The molecule has 0 N–H and O–H groups in total. The fourth-order valence-electron chi connectivity index (χ4n) is 3.49. The number of thiophene rings is 1. The van der Waals surface area contributed by atoms with Crippen LogP contribution in [0.15, 0.2) is 23.0 Å². The lowest BCUT2D eigenvalue weighted by molar-refractivity contribution is -0.116. The zero-order valence-corrected chi connectivity index (χ0v) is 14.1. The Bertz CT molecular complexity index is 585. The molecule has 1 atom stereocenters. The highest BCUT2D eigenvalue weighted by Crippen LogP contribution is 2.32. The van der Waals surface area contributed by atoms with Crippen molar-refractivity contribution in [3.8, 4) is 0 Å². The molecule has 2 aromatic rings. The van der Waals surface area contributed by atoms with E-state index in [9.17, 15) is 0 Å². The van der Waals surface area contributed by atoms with Gasteiger partial charge >= 0.3 is 0 Å². The minimum absolute atomic E-state index is 0.0422. The molecule has 0 saturated carbocycles. The molecular formula is C15H20N4OS2. The predicted octanol–water partition coefficient (Wildman–Crippen LogP) is 2.47. The van der Waals surface area contributed by atoms with E-state index in [0.717, 1.165) is 57.3 Å². The van der Waals surface area contributed by atoms with Gasteiger partial charge in [0.25, 0.3) is 0 Å². The lowest BCUT2D eigenvalue weighted by atomic mass is 9.91. The largest absolute Gasteiger partial charge is 0.370 e. The Morgan fingerprint density at radius 2 is 2.27 bits per heavy atom. The van der Waals surface area contributed by atoms with Gasteiger partial charge in [0.2, 0.25) is 5.13 Å². The summed E-state index contributed by atoms with van der Waals surface area (Å²) >= 11 is 3.46. The Morgan fingerprint density at radius 1 is 1.27 bits per heavy atom. The summed E-state index contributed by atoms with van der Waals surface area (Å²) in [5.41, 5.74) is 1.76. The first-order valence-electron chi connectivity index (χ1n) is 7.73. The molecule has 4 heterocycles. The van der Waals surface area contributed by atoms with Gasteiger partial charge in [0.05, 0.1) is 18.8 Å². The minimum Gasteiger partial charge on any atom is -0.370 e. The highest BCUT2D eigenvalue weighted by molar-refractivity contribution is 7.13. The van der Waals surface area contributed by atoms with Crippen LogP contribution in [0, 0.1) is 0 Å². The fourth-order valence-corrected chi connectivity index (χ4v) is 4.83. The summed E-state index contributed by atoms with van der Waals surface area (Å²) in [5.74, 6) is 0. The summed E-state index contributed by atoms with van der Waals surface area (Å²) in [7, 11) is 0. The molecular weight excluding hydrogens is 316 g/mol. The van der Waals surface area contributed by atoms with Crippen LogP contribution < -0.4 is 4.90 Å². The molecule has 5 nitrogen and oxygen atoms in total. The second-order valence-corrected chi connectivity index (χ2v) is 7.91. The van der Waals surface area contributed by atoms with Crippen LogP contribution in [-0.2, 0) is 11.3 Å². The van der Waals surface area contributed by atoms with Crippen LogP contribution in [0.25, 0.3) is 0 Å². The third-order valence-electron chi connectivity index (χ3n) is 4.45. The van der Waals surface area contributed by atoms with Gasteiger partial charge in [-0.3, -0.25) is 4.90 Å². The smallest absolute Gasteiger partial charge is 0.208 e. The number of rotatable bonds is 3. The molecule has 0 aliphatic carbocycles. The Morgan fingerprint density at radius 3 is 3.09 bits per heavy atom. The number of morpholine rings is 1. The van der Waals surface area contributed by atoms with E-state index in [1.807, 2.05) is 11.3 Å². The lowest BCUT2D eigenvalue weighted by Crippen LogP contribution is -2.59. The SMILES string of the molecule is c1csc(CN2CCO[C@@]3(CCCN(c4nncs4)C3)C2)c1. The number of aromatic nitrogens is 2. The van der Waals surface area contributed by atoms with Crippen molar-refractivity contribution in [3.05, 3.63) is 27.9 Å². The molecule has 0 unspecified atom stereocenters. The molecule has 0 aromatic carbocycles. The standard InChI is InChI=1S/C15H20N4OS2/c1-3-13(21-8-1)9-18-6-7-20-15(10-18)4-2-5-19(11-15)14-17-16-12-22-14/h1,3,8,12H,2,4-7,9-11H2/t15-/m0/s1. The third kappa shape index (κ3) is 3.03. The average Bonchev–Trinajstić information content (AvgIpc) is 3.21. The van der Waals surface area contributed by atoms with E-state index >= 15 is 0 Å². The van der Waals surface area contributed by atoms with Crippen molar-refractivity contribution in [2.75, 3.05) is 37.7 Å². The predicted molar refractivity (Wildman–Crippen MR) is 89.6 cm³/mol. The van der Waals surface area contributed by atoms with Gasteiger partial charge in [0, 0.05) is 31.1 Å². The zero-order chi connectivity index (χ0) is 14.8. The van der Waals surface area contributed by atoms with E-state index in [2.05, 4.69) is 37.5 Å². The maximum absolute atomic E-state index is 6.26. The Balaban J connectivity index is 1.45. The molecule has 4 rings (SSSR count). The number of ether oxygens (including phenoxy) is 1. The van der Waals surface area contributed by atoms with Gasteiger partial charge < -0.3 is 9.64 Å². The number of piperidine rings is 1. The number of nitrogens with zero attached hydrogens (tertiary/aromatic N) is 4. The monoisotopic (exact) mass is 336 g/mol. The molecule has 2 fully saturated rings. The first kappa shape index (κ1) is 14.6. The number of hydrogen-bond donors (Lipinski definition) is 0. The molecule has 0 bridgehead atoms. The maximum atomic E-state index is 6.26. The van der Waals surface area contributed by atoms with Gasteiger partial charge in [-0.2, -0.15) is 0 Å². The summed E-state index contributed by atoms with van der Waals surface area (Å²) in [6.07, 6.45) is 2.30. The molecule has 2 aliphatic heterocycles. The van der Waals surface area contributed by atoms with E-state index in [1.165, 1.54) is 4.88 Å². The van der Waals surface area contributed by atoms with Crippen molar-refractivity contribution in [3.63, 3.8) is 0 Å². The topological polar surface area (TPSA) is 41.5 Å². The van der Waals surface area contributed by atoms with Crippen LogP contribution in [0.3, 0.4) is 0 Å². The summed E-state index contributed by atoms with van der Waals surface area (Å²) in [4.78, 5) is 6.32. The molecule has 2 aromatic heterocycles. The Hall–Kier alpha value is -1.02. The van der Waals surface area contributed by atoms with Crippen LogP contribution in [0.1, 0.15) is 17.7 Å². The van der Waals surface area contributed by atoms with Gasteiger partial charge in [0.1, 0.15) is 5.51 Å². The van der Waals surface area contributed by atoms with Gasteiger partial charge in [-0.05, 0) is 24.3 Å². The summed E-state index contributed by atoms with van der Waals surface area (Å²) in [6, 6.07) is 4.36. The number of hydrogen-bond acceptors (Lipinski definition) is 7. The van der Waals surface area contributed by atoms with E-state index < -0.39 is 0 Å². The van der Waals surface area contributed by atoms with E-state index in [-0.39, 0.29) is 5.60 Å². The van der Waals surface area contributed by atoms with Crippen molar-refractivity contribution >= 4 is 27.8 Å². The fraction of sp³-hybridized carbons (Fsp3) is 0.600. The number of anilines is 1. The Kier molecular flexibility index (Phi) is 4.13. The second kappa shape index (κ2) is 6.23. The highest BCUT2D eigenvalue weighted by atomic mass is 32.1. The Labute approximate surface area is 138 Å². The molecule has 0 radical (unpaired) electrons. The second-order valence-electron chi connectivity index (χ2n) is 6.07. The van der Waals surface area contributed by atoms with Crippen molar-refractivity contribution in [1.29, 1.82) is 0 Å². The lowest BCUT2D eigenvalue weighted by Gasteiger charge is -2.48. The highest BCUT2D eigenvalue weighted by Gasteiger charge is 2.41. The molecule has 22 heavy (non-hydrogen) atoms.